The molecule has 3 aliphatic carbocycles. The van der Waals surface area contributed by atoms with Gasteiger partial charge in [-0.3, -0.25) is 14.4 Å². The predicted molar refractivity (Wildman–Crippen MR) is 86.2 cm³/mol. The van der Waals surface area contributed by atoms with Crippen molar-refractivity contribution < 1.29 is 28.6 Å². The van der Waals surface area contributed by atoms with E-state index >= 15 is 0 Å². The third kappa shape index (κ3) is 2.48. The van der Waals surface area contributed by atoms with Gasteiger partial charge < -0.3 is 14.2 Å². The Kier molecular flexibility index (Phi) is 4.04. The Bertz CT molecular complexity index is 593. The number of hydrogen-bond acceptors (Lipinski definition) is 6. The summed E-state index contributed by atoms with van der Waals surface area (Å²) in [6.45, 7) is 3.78. The number of hydrogen-bond donors (Lipinski definition) is 0. The highest BCUT2D eigenvalue weighted by atomic mass is 16.6. The van der Waals surface area contributed by atoms with Gasteiger partial charge in [-0.1, -0.05) is 13.8 Å². The Morgan fingerprint density at radius 1 is 1.20 bits per heavy atom. The normalized spacial score (nSPS) is 40.2. The second kappa shape index (κ2) is 5.99. The van der Waals surface area contributed by atoms with Gasteiger partial charge in [0.1, 0.15) is 17.8 Å². The summed E-state index contributed by atoms with van der Waals surface area (Å²) < 4.78 is 17.0. The smallest absolute Gasteiger partial charge is 0.310 e. The molecule has 0 spiro atoms. The van der Waals surface area contributed by atoms with Crippen molar-refractivity contribution in [3.63, 3.8) is 0 Å². The van der Waals surface area contributed by atoms with Crippen molar-refractivity contribution in [3.8, 4) is 0 Å². The van der Waals surface area contributed by atoms with Crippen LogP contribution in [0.25, 0.3) is 0 Å². The minimum absolute atomic E-state index is 0.0224. The van der Waals surface area contributed by atoms with Crippen molar-refractivity contribution in [3.05, 3.63) is 0 Å². The van der Waals surface area contributed by atoms with Crippen molar-refractivity contribution in [1.82, 2.24) is 0 Å². The maximum atomic E-state index is 13.0. The van der Waals surface area contributed by atoms with Crippen LogP contribution in [0.5, 0.6) is 0 Å². The van der Waals surface area contributed by atoms with Crippen LogP contribution in [0.15, 0.2) is 0 Å². The zero-order valence-electron chi connectivity index (χ0n) is 14.9. The average Bonchev–Trinajstić information content (AvgIpc) is 3.32. The van der Waals surface area contributed by atoms with E-state index in [1.54, 1.807) is 6.92 Å². The van der Waals surface area contributed by atoms with E-state index in [2.05, 4.69) is 0 Å². The van der Waals surface area contributed by atoms with Crippen molar-refractivity contribution in [2.24, 2.45) is 23.7 Å². The van der Waals surface area contributed by atoms with Crippen LogP contribution < -0.4 is 0 Å². The lowest BCUT2D eigenvalue weighted by molar-refractivity contribution is -0.175. The Morgan fingerprint density at radius 3 is 2.56 bits per heavy atom. The Hall–Kier alpha value is -1.59. The zero-order valence-corrected chi connectivity index (χ0v) is 14.9. The first-order valence-electron chi connectivity index (χ1n) is 9.62. The lowest BCUT2D eigenvalue weighted by atomic mass is 9.78. The van der Waals surface area contributed by atoms with Gasteiger partial charge >= 0.3 is 17.9 Å². The second-order valence-electron chi connectivity index (χ2n) is 7.99. The van der Waals surface area contributed by atoms with Gasteiger partial charge in [-0.05, 0) is 38.5 Å². The molecule has 1 heterocycles. The molecule has 1 saturated heterocycles. The zero-order chi connectivity index (χ0) is 17.8. The van der Waals surface area contributed by atoms with Crippen LogP contribution in [-0.4, -0.2) is 35.7 Å². The van der Waals surface area contributed by atoms with E-state index in [4.69, 9.17) is 14.2 Å². The van der Waals surface area contributed by atoms with E-state index < -0.39 is 17.9 Å². The summed E-state index contributed by atoms with van der Waals surface area (Å²) in [6.07, 6.45) is 4.81. The molecule has 6 heteroatoms. The molecule has 4 fully saturated rings. The molecular formula is C19H26O6. The number of carbonyl (C=O) groups is 3. The highest BCUT2D eigenvalue weighted by Gasteiger charge is 2.70. The standard InChI is InChI=1S/C19H26O6/c1-3-12(20)23-15-11-9-10-13(17(21)24-16(10)15)14(11)18(22)25-19(4-2)7-5-6-8-19/h10-11,13-16H,3-9H2,1-2H3. The van der Waals surface area contributed by atoms with E-state index in [0.29, 0.717) is 6.42 Å². The van der Waals surface area contributed by atoms with Crippen LogP contribution >= 0.6 is 0 Å². The van der Waals surface area contributed by atoms with Gasteiger partial charge in [-0.15, -0.1) is 0 Å². The van der Waals surface area contributed by atoms with Crippen molar-refractivity contribution in [2.45, 2.75) is 76.6 Å². The molecule has 25 heavy (non-hydrogen) atoms. The topological polar surface area (TPSA) is 78.9 Å². The fourth-order valence-corrected chi connectivity index (χ4v) is 5.53. The molecule has 138 valence electrons. The molecule has 4 aliphatic rings. The highest BCUT2D eigenvalue weighted by Crippen LogP contribution is 2.59. The fourth-order valence-electron chi connectivity index (χ4n) is 5.53. The van der Waals surface area contributed by atoms with Crippen LogP contribution in [0.2, 0.25) is 0 Å². The number of fused-ring (bicyclic) bond motifs is 1. The van der Waals surface area contributed by atoms with Gasteiger partial charge in [0.15, 0.2) is 0 Å². The molecule has 0 N–H and O–H groups in total. The minimum Gasteiger partial charge on any atom is -0.459 e. The SMILES string of the molecule is CCC(=O)OC1C2CC3C1OC(=O)C3C2C(=O)OC1(CC)CCCC1. The molecular weight excluding hydrogens is 324 g/mol. The molecule has 2 bridgehead atoms. The highest BCUT2D eigenvalue weighted by molar-refractivity contribution is 5.86. The molecule has 6 unspecified atom stereocenters. The molecule has 4 rings (SSSR count). The number of ether oxygens (including phenoxy) is 3. The summed E-state index contributed by atoms with van der Waals surface area (Å²) in [5.41, 5.74) is -0.379. The van der Waals surface area contributed by atoms with Crippen molar-refractivity contribution in [1.29, 1.82) is 0 Å². The van der Waals surface area contributed by atoms with Gasteiger partial charge in [0.05, 0.1) is 11.8 Å². The van der Waals surface area contributed by atoms with E-state index in [9.17, 15) is 14.4 Å². The fraction of sp³-hybridized carbons (Fsp3) is 0.842. The van der Waals surface area contributed by atoms with Crippen molar-refractivity contribution >= 4 is 17.9 Å². The molecule has 0 amide bonds. The summed E-state index contributed by atoms with van der Waals surface area (Å²) in [4.78, 5) is 37.1. The summed E-state index contributed by atoms with van der Waals surface area (Å²) >= 11 is 0. The van der Waals surface area contributed by atoms with Crippen LogP contribution in [0, 0.1) is 23.7 Å². The third-order valence-corrected chi connectivity index (χ3v) is 6.85. The Morgan fingerprint density at radius 2 is 1.92 bits per heavy atom. The largest absolute Gasteiger partial charge is 0.459 e. The molecule has 3 saturated carbocycles. The maximum Gasteiger partial charge on any atom is 0.310 e. The van der Waals surface area contributed by atoms with Gasteiger partial charge in [0.2, 0.25) is 0 Å². The third-order valence-electron chi connectivity index (χ3n) is 6.85. The number of rotatable bonds is 5. The molecule has 0 radical (unpaired) electrons. The van der Waals surface area contributed by atoms with Gasteiger partial charge in [0, 0.05) is 18.3 Å². The van der Waals surface area contributed by atoms with Crippen LogP contribution in [0.3, 0.4) is 0 Å². The minimum atomic E-state index is -0.532. The summed E-state index contributed by atoms with van der Waals surface area (Å²) in [6, 6.07) is 0. The maximum absolute atomic E-state index is 13.0. The summed E-state index contributed by atoms with van der Waals surface area (Å²) in [5.74, 6) is -2.08. The first-order chi connectivity index (χ1) is 12.0. The average molecular weight is 350 g/mol. The van der Waals surface area contributed by atoms with E-state index in [1.807, 2.05) is 6.92 Å². The molecule has 0 aromatic rings. The van der Waals surface area contributed by atoms with Crippen molar-refractivity contribution in [2.75, 3.05) is 0 Å². The first-order valence-corrected chi connectivity index (χ1v) is 9.62. The second-order valence-corrected chi connectivity index (χ2v) is 7.99. The number of carbonyl (C=O) groups excluding carboxylic acids is 3. The molecule has 0 aromatic heterocycles. The summed E-state index contributed by atoms with van der Waals surface area (Å²) in [5, 5.41) is 0. The van der Waals surface area contributed by atoms with E-state index in [1.165, 1.54) is 0 Å². The van der Waals surface area contributed by atoms with E-state index in [-0.39, 0.29) is 47.9 Å². The predicted octanol–water partition coefficient (Wildman–Crippen LogP) is 2.38. The first kappa shape index (κ1) is 16.9. The monoisotopic (exact) mass is 350 g/mol. The lowest BCUT2D eigenvalue weighted by Crippen LogP contribution is -2.45. The lowest BCUT2D eigenvalue weighted by Gasteiger charge is -2.34. The van der Waals surface area contributed by atoms with Gasteiger partial charge in [0.25, 0.3) is 0 Å². The van der Waals surface area contributed by atoms with Gasteiger partial charge in [-0.2, -0.15) is 0 Å². The molecule has 6 atom stereocenters. The quantitative estimate of drug-likeness (QED) is 0.559. The number of esters is 3. The molecule has 1 aliphatic heterocycles. The Labute approximate surface area is 147 Å². The summed E-state index contributed by atoms with van der Waals surface area (Å²) in [7, 11) is 0. The van der Waals surface area contributed by atoms with Crippen LogP contribution in [-0.2, 0) is 28.6 Å². The van der Waals surface area contributed by atoms with Gasteiger partial charge in [-0.25, -0.2) is 0 Å². The van der Waals surface area contributed by atoms with Crippen LogP contribution in [0.4, 0.5) is 0 Å². The van der Waals surface area contributed by atoms with E-state index in [0.717, 1.165) is 32.1 Å². The molecule has 0 aromatic carbocycles. The molecule has 6 nitrogen and oxygen atoms in total. The van der Waals surface area contributed by atoms with Crippen LogP contribution in [0.1, 0.15) is 58.8 Å². The Balaban J connectivity index is 1.55.